The quantitative estimate of drug-likeness (QED) is 0.878. The van der Waals surface area contributed by atoms with Gasteiger partial charge in [0.05, 0.1) is 0 Å². The van der Waals surface area contributed by atoms with Crippen molar-refractivity contribution >= 4 is 0 Å². The summed E-state index contributed by atoms with van der Waals surface area (Å²) in [4.78, 5) is 7.01. The molecular weight excluding hydrogens is 244 g/mol. The maximum atomic E-state index is 5.62. The molecule has 2 fully saturated rings. The molecule has 1 aromatic heterocycles. The first kappa shape index (κ1) is 13.0. The van der Waals surface area contributed by atoms with Crippen molar-refractivity contribution < 1.29 is 9.26 Å². The van der Waals surface area contributed by atoms with Crippen molar-refractivity contribution in [2.24, 2.45) is 5.73 Å². The molecule has 0 amide bonds. The monoisotopic (exact) mass is 266 g/mol. The zero-order chi connectivity index (χ0) is 13.4. The van der Waals surface area contributed by atoms with E-state index in [0.717, 1.165) is 18.7 Å². The fourth-order valence-corrected chi connectivity index (χ4v) is 3.46. The van der Waals surface area contributed by atoms with Crippen LogP contribution in [0.2, 0.25) is 0 Å². The van der Waals surface area contributed by atoms with Gasteiger partial charge in [0.2, 0.25) is 0 Å². The minimum atomic E-state index is -0.288. The van der Waals surface area contributed by atoms with Crippen LogP contribution >= 0.6 is 0 Å². The third-order valence-electron chi connectivity index (χ3n) is 4.69. The molecule has 6 heteroatoms. The molecule has 1 aromatic rings. The molecule has 2 saturated heterocycles. The Morgan fingerprint density at radius 3 is 2.68 bits per heavy atom. The molecule has 0 saturated carbocycles. The number of hydrogen-bond donors (Lipinski definition) is 1. The van der Waals surface area contributed by atoms with Gasteiger partial charge in [-0.15, -0.1) is 0 Å². The molecule has 0 spiro atoms. The Labute approximate surface area is 113 Å². The van der Waals surface area contributed by atoms with Gasteiger partial charge < -0.3 is 19.9 Å². The van der Waals surface area contributed by atoms with E-state index in [1.165, 1.54) is 12.8 Å². The lowest BCUT2D eigenvalue weighted by molar-refractivity contribution is 0.0803. The van der Waals surface area contributed by atoms with Crippen molar-refractivity contribution in [1.82, 2.24) is 15.0 Å². The van der Waals surface area contributed by atoms with Crippen molar-refractivity contribution in [2.45, 2.75) is 49.8 Å². The number of rotatable bonds is 4. The second kappa shape index (κ2) is 5.19. The van der Waals surface area contributed by atoms with E-state index >= 15 is 0 Å². The fourth-order valence-electron chi connectivity index (χ4n) is 3.46. The summed E-state index contributed by atoms with van der Waals surface area (Å²) >= 11 is 0. The van der Waals surface area contributed by atoms with Crippen molar-refractivity contribution in [2.75, 3.05) is 20.7 Å². The van der Waals surface area contributed by atoms with Crippen LogP contribution in [-0.2, 0) is 4.74 Å². The molecule has 0 radical (unpaired) electrons. The third kappa shape index (κ3) is 2.28. The van der Waals surface area contributed by atoms with Gasteiger partial charge >= 0.3 is 0 Å². The summed E-state index contributed by atoms with van der Waals surface area (Å²) < 4.78 is 10.5. The molecule has 106 valence electrons. The van der Waals surface area contributed by atoms with Gasteiger partial charge in [-0.2, -0.15) is 4.98 Å². The molecule has 6 nitrogen and oxygen atoms in total. The maximum absolute atomic E-state index is 5.62. The second-order valence-electron chi connectivity index (χ2n) is 5.67. The first-order valence-electron chi connectivity index (χ1n) is 7.01. The van der Waals surface area contributed by atoms with E-state index in [1.54, 1.807) is 7.11 Å². The van der Waals surface area contributed by atoms with Crippen LogP contribution in [0.3, 0.4) is 0 Å². The molecular formula is C13H22N4O2. The van der Waals surface area contributed by atoms with Crippen LogP contribution in [-0.4, -0.2) is 47.8 Å². The number of nitrogens with zero attached hydrogens (tertiary/aromatic N) is 3. The highest BCUT2D eigenvalue weighted by molar-refractivity contribution is 5.06. The standard InChI is InChI=1S/C13H22N4O2/c1-17-9-3-4-10(17)6-8(5-9)12-15-13(19-16-12)11(7-14)18-2/h8-11H,3-7,14H2,1-2H3. The van der Waals surface area contributed by atoms with Crippen LogP contribution in [0.25, 0.3) is 0 Å². The van der Waals surface area contributed by atoms with E-state index in [-0.39, 0.29) is 6.10 Å². The first-order valence-corrected chi connectivity index (χ1v) is 7.01. The maximum Gasteiger partial charge on any atom is 0.257 e. The first-order chi connectivity index (χ1) is 9.22. The zero-order valence-corrected chi connectivity index (χ0v) is 11.6. The fraction of sp³-hybridized carbons (Fsp3) is 0.846. The van der Waals surface area contributed by atoms with Crippen LogP contribution in [0, 0.1) is 0 Å². The van der Waals surface area contributed by atoms with Gasteiger partial charge in [-0.1, -0.05) is 5.16 Å². The minimum Gasteiger partial charge on any atom is -0.370 e. The molecule has 2 aliphatic heterocycles. The Morgan fingerprint density at radius 1 is 1.42 bits per heavy atom. The Kier molecular flexibility index (Phi) is 3.56. The number of hydrogen-bond acceptors (Lipinski definition) is 6. The number of ether oxygens (including phenoxy) is 1. The number of nitrogens with two attached hydrogens (primary N) is 1. The van der Waals surface area contributed by atoms with Crippen LogP contribution < -0.4 is 5.73 Å². The molecule has 2 bridgehead atoms. The van der Waals surface area contributed by atoms with Crippen molar-refractivity contribution in [3.63, 3.8) is 0 Å². The second-order valence-corrected chi connectivity index (χ2v) is 5.67. The molecule has 3 heterocycles. The molecule has 0 aliphatic carbocycles. The molecule has 3 rings (SSSR count). The molecule has 3 atom stereocenters. The van der Waals surface area contributed by atoms with Crippen molar-refractivity contribution in [3.8, 4) is 0 Å². The summed E-state index contributed by atoms with van der Waals surface area (Å²) in [6.07, 6.45) is 4.57. The molecule has 2 N–H and O–H groups in total. The Hall–Kier alpha value is -0.980. The highest BCUT2D eigenvalue weighted by atomic mass is 16.5. The summed E-state index contributed by atoms with van der Waals surface area (Å²) in [5.41, 5.74) is 5.62. The van der Waals surface area contributed by atoms with E-state index in [9.17, 15) is 0 Å². The van der Waals surface area contributed by atoms with Crippen LogP contribution in [0.5, 0.6) is 0 Å². The Bertz CT molecular complexity index is 418. The predicted octanol–water partition coefficient (Wildman–Crippen LogP) is 1.06. The summed E-state index contributed by atoms with van der Waals surface area (Å²) in [5.74, 6) is 1.75. The van der Waals surface area contributed by atoms with Gasteiger partial charge in [0.25, 0.3) is 5.89 Å². The van der Waals surface area contributed by atoms with Gasteiger partial charge in [-0.05, 0) is 32.7 Å². The average molecular weight is 266 g/mol. The molecule has 3 unspecified atom stereocenters. The van der Waals surface area contributed by atoms with Gasteiger partial charge in [0.1, 0.15) is 6.10 Å². The van der Waals surface area contributed by atoms with E-state index in [2.05, 4.69) is 22.1 Å². The summed E-state index contributed by atoms with van der Waals surface area (Å²) in [5, 5.41) is 4.14. The van der Waals surface area contributed by atoms with Gasteiger partial charge in [0.15, 0.2) is 5.82 Å². The normalized spacial score (nSPS) is 32.7. The molecule has 0 aromatic carbocycles. The molecule has 19 heavy (non-hydrogen) atoms. The SMILES string of the molecule is COC(CN)c1nc(C2CC3CCC(C2)N3C)no1. The van der Waals surface area contributed by atoms with Crippen LogP contribution in [0.1, 0.15) is 49.4 Å². The predicted molar refractivity (Wildman–Crippen MR) is 69.7 cm³/mol. The topological polar surface area (TPSA) is 77.4 Å². The lowest BCUT2D eigenvalue weighted by Gasteiger charge is -2.34. The highest BCUT2D eigenvalue weighted by Crippen LogP contribution is 2.41. The van der Waals surface area contributed by atoms with E-state index in [4.69, 9.17) is 15.0 Å². The van der Waals surface area contributed by atoms with E-state index < -0.39 is 0 Å². The van der Waals surface area contributed by atoms with E-state index in [1.807, 2.05) is 0 Å². The van der Waals surface area contributed by atoms with Crippen molar-refractivity contribution in [1.29, 1.82) is 0 Å². The summed E-state index contributed by atoms with van der Waals surface area (Å²) in [7, 11) is 3.84. The number of fused-ring (bicyclic) bond motifs is 2. The minimum absolute atomic E-state index is 0.288. The van der Waals surface area contributed by atoms with E-state index in [0.29, 0.717) is 30.4 Å². The summed E-state index contributed by atoms with van der Waals surface area (Å²) in [6, 6.07) is 1.36. The number of piperidine rings is 1. The Balaban J connectivity index is 1.73. The number of methoxy groups -OCH3 is 1. The highest BCUT2D eigenvalue weighted by Gasteiger charge is 2.40. The molecule has 2 aliphatic rings. The van der Waals surface area contributed by atoms with Gasteiger partial charge in [-0.3, -0.25) is 0 Å². The largest absolute Gasteiger partial charge is 0.370 e. The Morgan fingerprint density at radius 2 is 2.11 bits per heavy atom. The smallest absolute Gasteiger partial charge is 0.257 e. The van der Waals surface area contributed by atoms with Gasteiger partial charge in [0, 0.05) is 31.7 Å². The number of aromatic nitrogens is 2. The van der Waals surface area contributed by atoms with Crippen LogP contribution in [0.15, 0.2) is 4.52 Å². The lowest BCUT2D eigenvalue weighted by atomic mass is 9.90. The van der Waals surface area contributed by atoms with Crippen LogP contribution in [0.4, 0.5) is 0 Å². The zero-order valence-electron chi connectivity index (χ0n) is 11.6. The van der Waals surface area contributed by atoms with Crippen molar-refractivity contribution in [3.05, 3.63) is 11.7 Å². The summed E-state index contributed by atoms with van der Waals surface area (Å²) in [6.45, 7) is 0.358. The average Bonchev–Trinajstić information content (AvgIpc) is 2.95. The van der Waals surface area contributed by atoms with Gasteiger partial charge in [-0.25, -0.2) is 0 Å². The lowest BCUT2D eigenvalue weighted by Crippen LogP contribution is -2.39. The third-order valence-corrected chi connectivity index (χ3v) is 4.69.